The second kappa shape index (κ2) is 12.6. The summed E-state index contributed by atoms with van der Waals surface area (Å²) in [4.78, 5) is 27.9. The number of rotatable bonds is 10. The summed E-state index contributed by atoms with van der Waals surface area (Å²) in [5, 5.41) is 6.40. The summed E-state index contributed by atoms with van der Waals surface area (Å²) in [6.45, 7) is 1.62. The molecule has 0 heterocycles. The molecule has 1 aliphatic rings. The van der Waals surface area contributed by atoms with Gasteiger partial charge >= 0.3 is 0 Å². The summed E-state index contributed by atoms with van der Waals surface area (Å²) in [7, 11) is 2.19. The van der Waals surface area contributed by atoms with Crippen LogP contribution >= 0.6 is 11.6 Å². The van der Waals surface area contributed by atoms with Crippen LogP contribution in [0.4, 0.5) is 0 Å². The minimum absolute atomic E-state index is 0.0707. The van der Waals surface area contributed by atoms with Gasteiger partial charge in [0.2, 0.25) is 5.91 Å². The molecular formula is C26H34ClN3O2. The molecule has 0 radical (unpaired) electrons. The molecule has 32 heavy (non-hydrogen) atoms. The Morgan fingerprint density at radius 2 is 1.72 bits per heavy atom. The van der Waals surface area contributed by atoms with E-state index in [1.54, 1.807) is 24.3 Å². The van der Waals surface area contributed by atoms with E-state index in [0.717, 1.165) is 18.5 Å². The monoisotopic (exact) mass is 455 g/mol. The van der Waals surface area contributed by atoms with E-state index in [0.29, 0.717) is 23.2 Å². The highest BCUT2D eigenvalue weighted by Crippen LogP contribution is 2.22. The Morgan fingerprint density at radius 1 is 1.03 bits per heavy atom. The maximum atomic E-state index is 12.8. The highest BCUT2D eigenvalue weighted by molar-refractivity contribution is 6.33. The van der Waals surface area contributed by atoms with Crippen LogP contribution in [0.1, 0.15) is 66.9 Å². The predicted octanol–water partition coefficient (Wildman–Crippen LogP) is 4.97. The Kier molecular flexibility index (Phi) is 9.57. The minimum atomic E-state index is -0.426. The molecule has 0 aromatic heterocycles. The van der Waals surface area contributed by atoms with Crippen LogP contribution in [-0.2, 0) is 4.79 Å². The topological polar surface area (TPSA) is 61.4 Å². The normalized spacial score (nSPS) is 15.3. The van der Waals surface area contributed by atoms with Gasteiger partial charge in [-0.3, -0.25) is 9.59 Å². The van der Waals surface area contributed by atoms with Gasteiger partial charge in [0, 0.05) is 12.6 Å². The van der Waals surface area contributed by atoms with Gasteiger partial charge in [-0.05, 0) is 50.6 Å². The van der Waals surface area contributed by atoms with Gasteiger partial charge in [0.05, 0.1) is 23.0 Å². The second-order valence-corrected chi connectivity index (χ2v) is 9.00. The van der Waals surface area contributed by atoms with Crippen LogP contribution in [0, 0.1) is 0 Å². The van der Waals surface area contributed by atoms with Gasteiger partial charge in [-0.25, -0.2) is 0 Å². The largest absolute Gasteiger partial charge is 0.356 e. The number of carbonyl (C=O) groups excluding carboxylic acids is 2. The molecule has 0 spiro atoms. The van der Waals surface area contributed by atoms with Gasteiger partial charge in [0.1, 0.15) is 0 Å². The van der Waals surface area contributed by atoms with Crippen molar-refractivity contribution in [2.45, 2.75) is 57.0 Å². The average molecular weight is 456 g/mol. The van der Waals surface area contributed by atoms with Crippen molar-refractivity contribution in [2.75, 3.05) is 20.1 Å². The maximum absolute atomic E-state index is 12.8. The summed E-state index contributed by atoms with van der Waals surface area (Å²) in [5.74, 6) is -0.356. The molecule has 0 bridgehead atoms. The molecule has 0 aliphatic heterocycles. The van der Waals surface area contributed by atoms with Crippen LogP contribution in [0.3, 0.4) is 0 Å². The predicted molar refractivity (Wildman–Crippen MR) is 130 cm³/mol. The van der Waals surface area contributed by atoms with Crippen molar-refractivity contribution in [3.8, 4) is 0 Å². The van der Waals surface area contributed by atoms with E-state index >= 15 is 0 Å². The van der Waals surface area contributed by atoms with Crippen molar-refractivity contribution in [2.24, 2.45) is 0 Å². The number of hydrogen-bond donors (Lipinski definition) is 2. The molecule has 1 saturated carbocycles. The Bertz CT molecular complexity index is 868. The van der Waals surface area contributed by atoms with Gasteiger partial charge in [-0.1, -0.05) is 73.3 Å². The summed E-state index contributed by atoms with van der Waals surface area (Å²) < 4.78 is 0. The van der Waals surface area contributed by atoms with E-state index in [9.17, 15) is 9.59 Å². The van der Waals surface area contributed by atoms with E-state index in [2.05, 4.69) is 22.6 Å². The number of carbonyl (C=O) groups is 2. The molecule has 5 nitrogen and oxygen atoms in total. The van der Waals surface area contributed by atoms with Crippen molar-refractivity contribution < 1.29 is 9.59 Å². The number of nitrogens with one attached hydrogen (secondary N) is 2. The number of benzene rings is 2. The second-order valence-electron chi connectivity index (χ2n) is 8.60. The van der Waals surface area contributed by atoms with Crippen LogP contribution in [0.15, 0.2) is 54.6 Å². The molecule has 3 rings (SSSR count). The molecule has 1 atom stereocenters. The van der Waals surface area contributed by atoms with E-state index < -0.39 is 6.04 Å². The molecule has 1 unspecified atom stereocenters. The lowest BCUT2D eigenvalue weighted by atomic mass is 9.94. The molecule has 6 heteroatoms. The van der Waals surface area contributed by atoms with Crippen molar-refractivity contribution >= 4 is 23.4 Å². The SMILES string of the molecule is CN(CCCNC(=O)CC(NC(=O)c1ccccc1Cl)c1ccccc1)C1CCCCC1. The lowest BCUT2D eigenvalue weighted by Gasteiger charge is -2.31. The fraction of sp³-hybridized carbons (Fsp3) is 0.462. The zero-order valence-corrected chi connectivity index (χ0v) is 19.6. The zero-order valence-electron chi connectivity index (χ0n) is 18.9. The van der Waals surface area contributed by atoms with Crippen LogP contribution < -0.4 is 10.6 Å². The fourth-order valence-electron chi connectivity index (χ4n) is 4.34. The van der Waals surface area contributed by atoms with E-state index in [1.165, 1.54) is 32.1 Å². The number of nitrogens with zero attached hydrogens (tertiary/aromatic N) is 1. The fourth-order valence-corrected chi connectivity index (χ4v) is 4.56. The van der Waals surface area contributed by atoms with Crippen LogP contribution in [0.25, 0.3) is 0 Å². The molecule has 1 aliphatic carbocycles. The molecule has 1 fully saturated rings. The minimum Gasteiger partial charge on any atom is -0.356 e. The molecule has 2 aromatic rings. The summed E-state index contributed by atoms with van der Waals surface area (Å²) >= 11 is 6.18. The van der Waals surface area contributed by atoms with E-state index in [-0.39, 0.29) is 18.2 Å². The standard InChI is InChI=1S/C26H34ClN3O2/c1-30(21-13-6-3-7-14-21)18-10-17-28-25(31)19-24(20-11-4-2-5-12-20)29-26(32)22-15-8-9-16-23(22)27/h2,4-5,8-9,11-12,15-16,21,24H,3,6-7,10,13-14,17-19H2,1H3,(H,28,31)(H,29,32). The third kappa shape index (κ3) is 7.35. The first kappa shape index (κ1) is 24.3. The Hall–Kier alpha value is -2.37. The first-order valence-corrected chi connectivity index (χ1v) is 12.0. The quantitative estimate of drug-likeness (QED) is 0.497. The summed E-state index contributed by atoms with van der Waals surface area (Å²) in [5.41, 5.74) is 1.29. The number of hydrogen-bond acceptors (Lipinski definition) is 3. The molecule has 2 N–H and O–H groups in total. The maximum Gasteiger partial charge on any atom is 0.253 e. The highest BCUT2D eigenvalue weighted by atomic mass is 35.5. The third-order valence-corrected chi connectivity index (χ3v) is 6.55. The molecule has 2 aromatic carbocycles. The van der Waals surface area contributed by atoms with E-state index in [1.807, 2.05) is 30.3 Å². The first-order chi connectivity index (χ1) is 15.5. The van der Waals surface area contributed by atoms with Gasteiger partial charge < -0.3 is 15.5 Å². The van der Waals surface area contributed by atoms with Crippen molar-refractivity contribution in [1.82, 2.24) is 15.5 Å². The smallest absolute Gasteiger partial charge is 0.253 e. The van der Waals surface area contributed by atoms with Crippen LogP contribution in [0.5, 0.6) is 0 Å². The summed E-state index contributed by atoms with van der Waals surface area (Å²) in [6, 6.07) is 16.8. The van der Waals surface area contributed by atoms with Crippen LogP contribution in [0.2, 0.25) is 5.02 Å². The number of halogens is 1. The van der Waals surface area contributed by atoms with Gasteiger partial charge in [0.25, 0.3) is 5.91 Å². The Balaban J connectivity index is 1.51. The van der Waals surface area contributed by atoms with Crippen molar-refractivity contribution in [3.63, 3.8) is 0 Å². The molecular weight excluding hydrogens is 422 g/mol. The van der Waals surface area contributed by atoms with Gasteiger partial charge in [0.15, 0.2) is 0 Å². The Labute approximate surface area is 196 Å². The van der Waals surface area contributed by atoms with Crippen LogP contribution in [-0.4, -0.2) is 42.9 Å². The summed E-state index contributed by atoms with van der Waals surface area (Å²) in [6.07, 6.45) is 7.67. The van der Waals surface area contributed by atoms with Gasteiger partial charge in [-0.2, -0.15) is 0 Å². The van der Waals surface area contributed by atoms with Gasteiger partial charge in [-0.15, -0.1) is 0 Å². The Morgan fingerprint density at radius 3 is 2.44 bits per heavy atom. The first-order valence-electron chi connectivity index (χ1n) is 11.6. The lowest BCUT2D eigenvalue weighted by molar-refractivity contribution is -0.121. The lowest BCUT2D eigenvalue weighted by Crippen LogP contribution is -2.37. The molecule has 172 valence electrons. The number of amides is 2. The van der Waals surface area contributed by atoms with Crippen molar-refractivity contribution in [3.05, 3.63) is 70.7 Å². The highest BCUT2D eigenvalue weighted by Gasteiger charge is 2.21. The van der Waals surface area contributed by atoms with E-state index in [4.69, 9.17) is 11.6 Å². The average Bonchev–Trinajstić information content (AvgIpc) is 2.82. The molecule has 2 amide bonds. The third-order valence-electron chi connectivity index (χ3n) is 6.22. The van der Waals surface area contributed by atoms with Crippen molar-refractivity contribution in [1.29, 1.82) is 0 Å². The molecule has 0 saturated heterocycles. The zero-order chi connectivity index (χ0) is 22.8.